The van der Waals surface area contributed by atoms with Crippen LogP contribution in [0.2, 0.25) is 0 Å². The number of pyridine rings is 1. The molecule has 1 heterocycles. The topological polar surface area (TPSA) is 82.3 Å². The summed E-state index contributed by atoms with van der Waals surface area (Å²) in [7, 11) is 1.75. The molecule has 9 heteroatoms. The molecule has 0 bridgehead atoms. The van der Waals surface area contributed by atoms with Gasteiger partial charge in [-0.3, -0.25) is 0 Å². The Morgan fingerprint density at radius 3 is 2.50 bits per heavy atom. The smallest absolute Gasteiger partial charge is 0.279 e. The third-order valence-electron chi connectivity index (χ3n) is 1.69. The zero-order valence-corrected chi connectivity index (χ0v) is 9.52. The van der Waals surface area contributed by atoms with Gasteiger partial charge in [0.1, 0.15) is 0 Å². The van der Waals surface area contributed by atoms with Crippen molar-refractivity contribution in [1.29, 1.82) is 0 Å². The Morgan fingerprint density at radius 1 is 1.56 bits per heavy atom. The van der Waals surface area contributed by atoms with Crippen LogP contribution in [0.4, 0.5) is 14.5 Å². The number of nitrogen functional groups attached to an aromatic ring is 1. The molecule has 0 unspecified atom stereocenters. The van der Waals surface area contributed by atoms with Crippen molar-refractivity contribution in [2.75, 3.05) is 12.8 Å². The fourth-order valence-corrected chi connectivity index (χ4v) is 2.06. The first-order valence-corrected chi connectivity index (χ1v) is 6.15. The fourth-order valence-electron chi connectivity index (χ4n) is 1.04. The summed E-state index contributed by atoms with van der Waals surface area (Å²) >= 11 is 0. The molecule has 0 aliphatic heterocycles. The monoisotopic (exact) mass is 272 g/mol. The Kier molecular flexibility index (Phi) is 3.54. The van der Waals surface area contributed by atoms with Gasteiger partial charge in [0.05, 0.1) is 12.7 Å². The Labute approximate surface area is 94.6 Å². The van der Waals surface area contributed by atoms with Crippen molar-refractivity contribution in [3.05, 3.63) is 11.6 Å². The number of nitrogens with zero attached hydrogens (tertiary/aromatic N) is 1. The van der Waals surface area contributed by atoms with Gasteiger partial charge in [0.15, 0.2) is 5.03 Å². The van der Waals surface area contributed by atoms with Gasteiger partial charge in [-0.1, -0.05) is 0 Å². The molecule has 1 aromatic rings. The summed E-state index contributed by atoms with van der Waals surface area (Å²) in [5.74, 6) is -0.207. The van der Waals surface area contributed by atoms with E-state index in [1.807, 2.05) is 0 Å². The van der Waals surface area contributed by atoms with E-state index >= 15 is 0 Å². The molecule has 0 fully saturated rings. The summed E-state index contributed by atoms with van der Waals surface area (Å²) in [5.41, 5.74) is 3.91. The van der Waals surface area contributed by atoms with Gasteiger partial charge in [0.2, 0.25) is 5.88 Å². The van der Waals surface area contributed by atoms with E-state index in [0.717, 1.165) is 6.07 Å². The number of hydrogen-bond donors (Lipinski definition) is 1. The van der Waals surface area contributed by atoms with Crippen molar-refractivity contribution < 1.29 is 21.9 Å². The Hall–Kier alpha value is -1.15. The summed E-state index contributed by atoms with van der Waals surface area (Å²) in [6.45, 7) is 0. The number of rotatable bonds is 3. The molecule has 90 valence electrons. The van der Waals surface area contributed by atoms with E-state index in [-0.39, 0.29) is 5.88 Å². The van der Waals surface area contributed by atoms with Gasteiger partial charge in [-0.2, -0.15) is 4.98 Å². The van der Waals surface area contributed by atoms with Gasteiger partial charge in [-0.15, -0.1) is 0 Å². The summed E-state index contributed by atoms with van der Waals surface area (Å²) < 4.78 is 51.8. The quantitative estimate of drug-likeness (QED) is 0.844. The van der Waals surface area contributed by atoms with Gasteiger partial charge in [-0.25, -0.2) is 17.2 Å². The molecule has 1 aromatic heterocycles. The third-order valence-corrected chi connectivity index (χ3v) is 2.90. The zero-order chi connectivity index (χ0) is 12.5. The Balaban J connectivity index is 3.60. The predicted octanol–water partition coefficient (Wildman–Crippen LogP) is 1.54. The predicted molar refractivity (Wildman–Crippen MR) is 53.2 cm³/mol. The SMILES string of the molecule is COc1cc(N)c(C(F)F)c(S(=O)(=O)Cl)n1. The van der Waals surface area contributed by atoms with Gasteiger partial charge in [0, 0.05) is 22.4 Å². The number of halogens is 3. The molecule has 0 spiro atoms. The lowest BCUT2D eigenvalue weighted by atomic mass is 10.2. The molecule has 0 aromatic carbocycles. The van der Waals surface area contributed by atoms with Crippen LogP contribution in [-0.4, -0.2) is 20.5 Å². The van der Waals surface area contributed by atoms with E-state index < -0.39 is 31.8 Å². The standard InChI is InChI=1S/C7H7ClF2N2O3S/c1-15-4-2-3(11)5(6(9)10)7(12-4)16(8,13)14/h2,6H,1H3,(H2,11,12). The van der Waals surface area contributed by atoms with E-state index in [2.05, 4.69) is 9.72 Å². The number of hydrogen-bond acceptors (Lipinski definition) is 5. The van der Waals surface area contributed by atoms with Crippen molar-refractivity contribution in [1.82, 2.24) is 4.98 Å². The van der Waals surface area contributed by atoms with Crippen molar-refractivity contribution >= 4 is 25.4 Å². The first kappa shape index (κ1) is 12.9. The maximum atomic E-state index is 12.6. The third kappa shape index (κ3) is 2.50. The molecule has 0 radical (unpaired) electrons. The van der Waals surface area contributed by atoms with Crippen LogP contribution in [-0.2, 0) is 9.05 Å². The number of methoxy groups -OCH3 is 1. The maximum Gasteiger partial charge on any atom is 0.279 e. The molecule has 0 atom stereocenters. The molecular formula is C7H7ClF2N2O3S. The van der Waals surface area contributed by atoms with E-state index in [1.54, 1.807) is 0 Å². The van der Waals surface area contributed by atoms with Crippen LogP contribution in [0.15, 0.2) is 11.1 Å². The second-order valence-corrected chi connectivity index (χ2v) is 5.19. The highest BCUT2D eigenvalue weighted by Gasteiger charge is 2.27. The van der Waals surface area contributed by atoms with Crippen LogP contribution in [0.1, 0.15) is 12.0 Å². The highest BCUT2D eigenvalue weighted by atomic mass is 35.7. The van der Waals surface area contributed by atoms with E-state index in [1.165, 1.54) is 7.11 Å². The zero-order valence-electron chi connectivity index (χ0n) is 7.95. The van der Waals surface area contributed by atoms with Crippen LogP contribution in [0, 0.1) is 0 Å². The number of ether oxygens (including phenoxy) is 1. The number of nitrogens with two attached hydrogens (primary N) is 1. The minimum atomic E-state index is -4.41. The Morgan fingerprint density at radius 2 is 2.12 bits per heavy atom. The second-order valence-electron chi connectivity index (χ2n) is 2.71. The van der Waals surface area contributed by atoms with Crippen LogP contribution in [0.25, 0.3) is 0 Å². The molecule has 2 N–H and O–H groups in total. The van der Waals surface area contributed by atoms with E-state index in [4.69, 9.17) is 16.4 Å². The molecule has 1 rings (SSSR count). The van der Waals surface area contributed by atoms with Crippen LogP contribution in [0.5, 0.6) is 5.88 Å². The van der Waals surface area contributed by atoms with E-state index in [0.29, 0.717) is 0 Å². The minimum absolute atomic E-state index is 0.207. The van der Waals surface area contributed by atoms with Gasteiger partial charge in [-0.05, 0) is 0 Å². The van der Waals surface area contributed by atoms with Gasteiger partial charge >= 0.3 is 0 Å². The van der Waals surface area contributed by atoms with Gasteiger partial charge < -0.3 is 10.5 Å². The lowest BCUT2D eigenvalue weighted by molar-refractivity contribution is 0.147. The molecule has 0 saturated heterocycles. The minimum Gasteiger partial charge on any atom is -0.481 e. The van der Waals surface area contributed by atoms with E-state index in [9.17, 15) is 17.2 Å². The normalized spacial score (nSPS) is 11.8. The average molecular weight is 273 g/mol. The largest absolute Gasteiger partial charge is 0.481 e. The highest BCUT2D eigenvalue weighted by molar-refractivity contribution is 8.13. The first-order chi connectivity index (χ1) is 7.27. The summed E-state index contributed by atoms with van der Waals surface area (Å²) in [4.78, 5) is 3.34. The summed E-state index contributed by atoms with van der Waals surface area (Å²) in [6, 6.07) is 0.993. The lowest BCUT2D eigenvalue weighted by Gasteiger charge is -2.10. The molecule has 0 aliphatic rings. The van der Waals surface area contributed by atoms with Crippen LogP contribution in [0.3, 0.4) is 0 Å². The number of aromatic nitrogens is 1. The van der Waals surface area contributed by atoms with Crippen molar-refractivity contribution in [2.24, 2.45) is 0 Å². The number of anilines is 1. The molecule has 0 aliphatic carbocycles. The number of alkyl halides is 2. The molecular weight excluding hydrogens is 266 g/mol. The lowest BCUT2D eigenvalue weighted by Crippen LogP contribution is -2.07. The van der Waals surface area contributed by atoms with Crippen LogP contribution < -0.4 is 10.5 Å². The summed E-state index contributed by atoms with van der Waals surface area (Å²) in [5, 5.41) is -0.985. The van der Waals surface area contributed by atoms with Crippen molar-refractivity contribution in [2.45, 2.75) is 11.5 Å². The molecule has 5 nitrogen and oxygen atoms in total. The maximum absolute atomic E-state index is 12.6. The highest BCUT2D eigenvalue weighted by Crippen LogP contribution is 2.34. The van der Waals surface area contributed by atoms with Crippen molar-refractivity contribution in [3.8, 4) is 5.88 Å². The van der Waals surface area contributed by atoms with Crippen molar-refractivity contribution in [3.63, 3.8) is 0 Å². The second kappa shape index (κ2) is 4.38. The Bertz CT molecular complexity index is 507. The fraction of sp³-hybridized carbons (Fsp3) is 0.286. The van der Waals surface area contributed by atoms with Gasteiger partial charge in [0.25, 0.3) is 15.5 Å². The molecule has 0 amide bonds. The van der Waals surface area contributed by atoms with Crippen LogP contribution >= 0.6 is 10.7 Å². The molecule has 16 heavy (non-hydrogen) atoms. The average Bonchev–Trinajstić information content (AvgIpc) is 2.14. The summed E-state index contributed by atoms with van der Waals surface area (Å²) in [6.07, 6.45) is -3.10. The first-order valence-electron chi connectivity index (χ1n) is 3.84. The molecule has 0 saturated carbocycles.